The van der Waals surface area contributed by atoms with Crippen molar-refractivity contribution in [1.29, 1.82) is 0 Å². The van der Waals surface area contributed by atoms with Crippen LogP contribution in [0.15, 0.2) is 25.3 Å². The first-order valence-corrected chi connectivity index (χ1v) is 14.7. The molecule has 38 heavy (non-hydrogen) atoms. The number of aliphatic hydroxyl groups is 1. The molecule has 4 fully saturated rings. The number of carbonyl (C=O) groups excluding carboxylic acids is 3. The Bertz CT molecular complexity index is 901. The maximum absolute atomic E-state index is 14.5. The zero-order valence-electron chi connectivity index (χ0n) is 23.1. The molecule has 1 saturated carbocycles. The standard InChI is InChI=1S/C30H46N2O6/c1-4-7-21-37-28(36)24-23-26(34)32(19-12-9-13-20-33)25(30(23)17-16-29(24,6-3)38-30)27(35)31(18-5-2)22-14-10-8-11-15-22/h4-5,22-25,33H,1-2,6-21H2,3H3/t23-,24+,25?,29-,30?/m0/s1. The Morgan fingerprint density at radius 2 is 1.92 bits per heavy atom. The van der Waals surface area contributed by atoms with Crippen molar-refractivity contribution in [3.63, 3.8) is 0 Å². The van der Waals surface area contributed by atoms with Gasteiger partial charge in [0.1, 0.15) is 17.6 Å². The van der Waals surface area contributed by atoms with Crippen LogP contribution >= 0.6 is 0 Å². The Kier molecular flexibility index (Phi) is 9.35. The molecule has 4 aliphatic rings. The highest BCUT2D eigenvalue weighted by molar-refractivity contribution is 5.98. The number of fused-ring (bicyclic) bond motifs is 1. The lowest BCUT2D eigenvalue weighted by Crippen LogP contribution is -2.58. The lowest BCUT2D eigenvalue weighted by molar-refractivity contribution is -0.162. The third-order valence-corrected chi connectivity index (χ3v) is 9.42. The van der Waals surface area contributed by atoms with Gasteiger partial charge in [-0.1, -0.05) is 38.3 Å². The van der Waals surface area contributed by atoms with Crippen LogP contribution < -0.4 is 0 Å². The fourth-order valence-electron chi connectivity index (χ4n) is 7.61. The van der Waals surface area contributed by atoms with Crippen LogP contribution in [-0.4, -0.2) is 82.3 Å². The van der Waals surface area contributed by atoms with Crippen molar-refractivity contribution in [3.8, 4) is 0 Å². The summed E-state index contributed by atoms with van der Waals surface area (Å²) >= 11 is 0. The Morgan fingerprint density at radius 1 is 1.16 bits per heavy atom. The van der Waals surface area contributed by atoms with Crippen molar-refractivity contribution >= 4 is 17.8 Å². The minimum Gasteiger partial charge on any atom is -0.465 e. The summed E-state index contributed by atoms with van der Waals surface area (Å²) < 4.78 is 12.5. The third kappa shape index (κ3) is 4.94. The molecule has 3 saturated heterocycles. The number of rotatable bonds is 14. The molecule has 8 heteroatoms. The summed E-state index contributed by atoms with van der Waals surface area (Å²) in [6, 6.07) is -0.648. The van der Waals surface area contributed by atoms with Crippen molar-refractivity contribution in [2.45, 2.75) is 107 Å². The zero-order valence-corrected chi connectivity index (χ0v) is 23.1. The normalized spacial score (nSPS) is 32.3. The summed E-state index contributed by atoms with van der Waals surface area (Å²) in [6.45, 7) is 10.8. The molecule has 5 atom stereocenters. The van der Waals surface area contributed by atoms with Gasteiger partial charge in [-0.3, -0.25) is 14.4 Å². The average molecular weight is 531 g/mol. The maximum Gasteiger partial charge on any atom is 0.312 e. The second kappa shape index (κ2) is 12.3. The van der Waals surface area contributed by atoms with Crippen LogP contribution in [0.5, 0.6) is 0 Å². The molecule has 1 N–H and O–H groups in total. The molecule has 4 rings (SSSR count). The van der Waals surface area contributed by atoms with E-state index in [4.69, 9.17) is 9.47 Å². The van der Waals surface area contributed by atoms with Crippen molar-refractivity contribution < 1.29 is 29.0 Å². The van der Waals surface area contributed by atoms with Crippen molar-refractivity contribution in [3.05, 3.63) is 25.3 Å². The molecule has 2 bridgehead atoms. The number of hydrogen-bond donors (Lipinski definition) is 1. The number of hydrogen-bond acceptors (Lipinski definition) is 6. The Labute approximate surface area is 227 Å². The number of ether oxygens (including phenoxy) is 2. The summed E-state index contributed by atoms with van der Waals surface area (Å²) in [5.74, 6) is -2.11. The van der Waals surface area contributed by atoms with Crippen LogP contribution in [0, 0.1) is 11.8 Å². The van der Waals surface area contributed by atoms with Gasteiger partial charge in [0.15, 0.2) is 0 Å². The summed E-state index contributed by atoms with van der Waals surface area (Å²) in [6.07, 6.45) is 13.1. The number of likely N-dealkylation sites (tertiary alicyclic amines) is 1. The summed E-state index contributed by atoms with van der Waals surface area (Å²) in [7, 11) is 0. The zero-order chi connectivity index (χ0) is 27.3. The lowest BCUT2D eigenvalue weighted by Gasteiger charge is -2.41. The predicted molar refractivity (Wildman–Crippen MR) is 144 cm³/mol. The fraction of sp³-hybridized carbons (Fsp3) is 0.767. The molecule has 3 heterocycles. The van der Waals surface area contributed by atoms with Gasteiger partial charge in [-0.15, -0.1) is 13.2 Å². The smallest absolute Gasteiger partial charge is 0.312 e. The Hall–Kier alpha value is -2.19. The first-order valence-electron chi connectivity index (χ1n) is 14.7. The molecule has 212 valence electrons. The molecule has 8 nitrogen and oxygen atoms in total. The maximum atomic E-state index is 14.5. The van der Waals surface area contributed by atoms with E-state index in [9.17, 15) is 19.5 Å². The van der Waals surface area contributed by atoms with E-state index in [0.29, 0.717) is 51.6 Å². The number of carbonyl (C=O) groups is 3. The Balaban J connectivity index is 1.70. The molecule has 2 amide bonds. The van der Waals surface area contributed by atoms with Gasteiger partial charge in [0.2, 0.25) is 11.8 Å². The molecule has 1 aliphatic carbocycles. The first kappa shape index (κ1) is 28.8. The van der Waals surface area contributed by atoms with Gasteiger partial charge >= 0.3 is 5.97 Å². The molecule has 1 spiro atoms. The van der Waals surface area contributed by atoms with E-state index < -0.39 is 35.0 Å². The van der Waals surface area contributed by atoms with E-state index in [2.05, 4.69) is 13.2 Å². The topological polar surface area (TPSA) is 96.4 Å². The van der Waals surface area contributed by atoms with Crippen LogP contribution in [-0.2, 0) is 23.9 Å². The van der Waals surface area contributed by atoms with Gasteiger partial charge in [-0.05, 0) is 57.8 Å². The second-order valence-corrected chi connectivity index (χ2v) is 11.5. The van der Waals surface area contributed by atoms with E-state index in [1.165, 1.54) is 6.42 Å². The minimum absolute atomic E-state index is 0.0811. The van der Waals surface area contributed by atoms with Gasteiger partial charge in [0.25, 0.3) is 0 Å². The van der Waals surface area contributed by atoms with Crippen LogP contribution in [0.25, 0.3) is 0 Å². The van der Waals surface area contributed by atoms with Crippen LogP contribution in [0.4, 0.5) is 0 Å². The van der Waals surface area contributed by atoms with E-state index in [1.807, 2.05) is 11.8 Å². The highest BCUT2D eigenvalue weighted by atomic mass is 16.6. The van der Waals surface area contributed by atoms with E-state index in [1.54, 1.807) is 17.1 Å². The second-order valence-electron chi connectivity index (χ2n) is 11.5. The number of aliphatic hydroxyl groups excluding tert-OH is 1. The molecule has 2 unspecified atom stereocenters. The van der Waals surface area contributed by atoms with Gasteiger partial charge in [-0.25, -0.2) is 0 Å². The summed E-state index contributed by atoms with van der Waals surface area (Å²) in [5, 5.41) is 9.25. The lowest BCUT2D eigenvalue weighted by atomic mass is 9.65. The SMILES string of the molecule is C=CCCOC(=O)[C@H]1[C@H]2C(=O)N(CCCCCO)C(C(=O)N(CC=C)C3CCCCC3)C23CC[C@]1(CC)O3. The number of unbranched alkanes of at least 4 members (excludes halogenated alkanes) is 2. The molecular weight excluding hydrogens is 484 g/mol. The fourth-order valence-corrected chi connectivity index (χ4v) is 7.61. The molecule has 0 aromatic rings. The van der Waals surface area contributed by atoms with Gasteiger partial charge in [0.05, 0.1) is 18.1 Å². The highest BCUT2D eigenvalue weighted by Gasteiger charge is 2.79. The minimum atomic E-state index is -1.03. The third-order valence-electron chi connectivity index (χ3n) is 9.42. The molecular formula is C30H46N2O6. The van der Waals surface area contributed by atoms with Gasteiger partial charge in [0, 0.05) is 25.7 Å². The van der Waals surface area contributed by atoms with Crippen molar-refractivity contribution in [1.82, 2.24) is 9.80 Å². The summed E-state index contributed by atoms with van der Waals surface area (Å²) in [4.78, 5) is 45.8. The van der Waals surface area contributed by atoms with Crippen molar-refractivity contribution in [2.75, 3.05) is 26.3 Å². The average Bonchev–Trinajstić information content (AvgIpc) is 3.53. The monoisotopic (exact) mass is 530 g/mol. The van der Waals surface area contributed by atoms with Crippen molar-refractivity contribution in [2.24, 2.45) is 11.8 Å². The Morgan fingerprint density at radius 3 is 2.58 bits per heavy atom. The first-order chi connectivity index (χ1) is 18.4. The number of amides is 2. The van der Waals surface area contributed by atoms with Crippen LogP contribution in [0.2, 0.25) is 0 Å². The molecule has 0 aromatic carbocycles. The number of nitrogens with zero attached hydrogens (tertiary/aromatic N) is 2. The van der Waals surface area contributed by atoms with Crippen LogP contribution in [0.1, 0.15) is 84.0 Å². The van der Waals surface area contributed by atoms with Gasteiger partial charge in [-0.2, -0.15) is 0 Å². The quantitative estimate of drug-likeness (QED) is 0.209. The van der Waals surface area contributed by atoms with Crippen LogP contribution in [0.3, 0.4) is 0 Å². The summed E-state index contributed by atoms with van der Waals surface area (Å²) in [5.41, 5.74) is -1.82. The molecule has 0 radical (unpaired) electrons. The highest BCUT2D eigenvalue weighted by Crippen LogP contribution is 2.64. The largest absolute Gasteiger partial charge is 0.465 e. The van der Waals surface area contributed by atoms with E-state index >= 15 is 0 Å². The van der Waals surface area contributed by atoms with E-state index in [-0.39, 0.29) is 31.1 Å². The molecule has 3 aliphatic heterocycles. The number of esters is 1. The van der Waals surface area contributed by atoms with Gasteiger partial charge < -0.3 is 24.4 Å². The van der Waals surface area contributed by atoms with E-state index in [0.717, 1.165) is 32.1 Å². The predicted octanol–water partition coefficient (Wildman–Crippen LogP) is 3.77. The molecule has 0 aromatic heterocycles.